The van der Waals surface area contributed by atoms with Gasteiger partial charge in [-0.1, -0.05) is 32.9 Å². The largest absolute Gasteiger partial charge is 0.365 e. The van der Waals surface area contributed by atoms with Gasteiger partial charge in [0.2, 0.25) is 0 Å². The van der Waals surface area contributed by atoms with Gasteiger partial charge in [0, 0.05) is 6.04 Å². The lowest BCUT2D eigenvalue weighted by Gasteiger charge is -2.31. The molecule has 0 amide bonds. The van der Waals surface area contributed by atoms with Gasteiger partial charge in [-0.3, -0.25) is 4.98 Å². The SMILES string of the molecule is CC(C)(C)C(CCN)Nc1cnc2ccccc2n1. The number of anilines is 1. The van der Waals surface area contributed by atoms with Crippen molar-refractivity contribution in [2.45, 2.75) is 33.2 Å². The number of para-hydroxylation sites is 2. The second-order valence-corrected chi connectivity index (χ2v) is 5.88. The van der Waals surface area contributed by atoms with E-state index in [0.29, 0.717) is 6.54 Å². The van der Waals surface area contributed by atoms with Crippen LogP contribution in [0.25, 0.3) is 11.0 Å². The fraction of sp³-hybridized carbons (Fsp3) is 0.467. The summed E-state index contributed by atoms with van der Waals surface area (Å²) in [4.78, 5) is 9.02. The maximum Gasteiger partial charge on any atom is 0.145 e. The summed E-state index contributed by atoms with van der Waals surface area (Å²) in [7, 11) is 0. The van der Waals surface area contributed by atoms with E-state index >= 15 is 0 Å². The molecule has 4 heteroatoms. The summed E-state index contributed by atoms with van der Waals surface area (Å²) in [5.41, 5.74) is 7.65. The van der Waals surface area contributed by atoms with Crippen LogP contribution in [-0.4, -0.2) is 22.6 Å². The molecule has 19 heavy (non-hydrogen) atoms. The van der Waals surface area contributed by atoms with Crippen LogP contribution < -0.4 is 11.1 Å². The molecule has 2 aromatic rings. The molecule has 0 aliphatic carbocycles. The molecular formula is C15H22N4. The first-order valence-corrected chi connectivity index (χ1v) is 6.69. The molecule has 0 radical (unpaired) electrons. The molecule has 1 atom stereocenters. The van der Waals surface area contributed by atoms with E-state index in [1.165, 1.54) is 0 Å². The minimum atomic E-state index is 0.132. The molecule has 4 nitrogen and oxygen atoms in total. The Hall–Kier alpha value is -1.68. The van der Waals surface area contributed by atoms with E-state index in [1.54, 1.807) is 6.20 Å². The molecule has 0 saturated carbocycles. The molecule has 1 heterocycles. The lowest BCUT2D eigenvalue weighted by Crippen LogP contribution is -2.36. The number of nitrogens with two attached hydrogens (primary N) is 1. The minimum Gasteiger partial charge on any atom is -0.365 e. The summed E-state index contributed by atoms with van der Waals surface area (Å²) in [5.74, 6) is 0.812. The van der Waals surface area contributed by atoms with Crippen LogP contribution in [0.15, 0.2) is 30.5 Å². The van der Waals surface area contributed by atoms with Crippen LogP contribution in [0.2, 0.25) is 0 Å². The number of nitrogens with zero attached hydrogens (tertiary/aromatic N) is 2. The summed E-state index contributed by atoms with van der Waals surface area (Å²) in [6, 6.07) is 8.17. The Morgan fingerprint density at radius 3 is 2.53 bits per heavy atom. The van der Waals surface area contributed by atoms with Gasteiger partial charge in [-0.15, -0.1) is 0 Å². The number of rotatable bonds is 4. The third-order valence-electron chi connectivity index (χ3n) is 3.27. The van der Waals surface area contributed by atoms with Crippen LogP contribution >= 0.6 is 0 Å². The molecule has 0 aliphatic rings. The third kappa shape index (κ3) is 3.41. The molecule has 0 fully saturated rings. The van der Waals surface area contributed by atoms with Gasteiger partial charge < -0.3 is 11.1 Å². The van der Waals surface area contributed by atoms with Crippen LogP contribution in [-0.2, 0) is 0 Å². The van der Waals surface area contributed by atoms with E-state index in [0.717, 1.165) is 23.3 Å². The maximum atomic E-state index is 5.69. The fourth-order valence-corrected chi connectivity index (χ4v) is 2.09. The lowest BCUT2D eigenvalue weighted by molar-refractivity contribution is 0.328. The van der Waals surface area contributed by atoms with Crippen molar-refractivity contribution in [3.63, 3.8) is 0 Å². The molecule has 0 aliphatic heterocycles. The molecule has 1 unspecified atom stereocenters. The van der Waals surface area contributed by atoms with Crippen LogP contribution in [0.5, 0.6) is 0 Å². The molecule has 0 bridgehead atoms. The van der Waals surface area contributed by atoms with Gasteiger partial charge >= 0.3 is 0 Å². The summed E-state index contributed by atoms with van der Waals surface area (Å²) < 4.78 is 0. The van der Waals surface area contributed by atoms with Gasteiger partial charge in [0.25, 0.3) is 0 Å². The standard InChI is InChI=1S/C15H22N4/c1-15(2,3)13(8-9-16)19-14-10-17-11-6-4-5-7-12(11)18-14/h4-7,10,13H,8-9,16H2,1-3H3,(H,18,19). The zero-order valence-corrected chi connectivity index (χ0v) is 11.9. The van der Waals surface area contributed by atoms with Crippen LogP contribution in [0, 0.1) is 5.41 Å². The Balaban J connectivity index is 2.23. The van der Waals surface area contributed by atoms with E-state index in [9.17, 15) is 0 Å². The predicted octanol–water partition coefficient (Wildman–Crippen LogP) is 2.81. The van der Waals surface area contributed by atoms with E-state index in [2.05, 4.69) is 36.1 Å². The number of fused-ring (bicyclic) bond motifs is 1. The predicted molar refractivity (Wildman–Crippen MR) is 80.1 cm³/mol. The van der Waals surface area contributed by atoms with Crippen molar-refractivity contribution in [1.82, 2.24) is 9.97 Å². The summed E-state index contributed by atoms with van der Waals surface area (Å²) >= 11 is 0. The average Bonchev–Trinajstić information content (AvgIpc) is 2.37. The van der Waals surface area contributed by atoms with Crippen molar-refractivity contribution in [3.05, 3.63) is 30.5 Å². The Labute approximate surface area is 114 Å². The van der Waals surface area contributed by atoms with Gasteiger partial charge in [0.05, 0.1) is 17.2 Å². The smallest absolute Gasteiger partial charge is 0.145 e. The summed E-state index contributed by atoms with van der Waals surface area (Å²) in [6.07, 6.45) is 2.70. The van der Waals surface area contributed by atoms with Crippen LogP contribution in [0.3, 0.4) is 0 Å². The van der Waals surface area contributed by atoms with Crippen molar-refractivity contribution >= 4 is 16.9 Å². The van der Waals surface area contributed by atoms with Crippen molar-refractivity contribution in [2.75, 3.05) is 11.9 Å². The topological polar surface area (TPSA) is 63.8 Å². The second kappa shape index (κ2) is 5.53. The van der Waals surface area contributed by atoms with Crippen molar-refractivity contribution in [3.8, 4) is 0 Å². The van der Waals surface area contributed by atoms with E-state index < -0.39 is 0 Å². The van der Waals surface area contributed by atoms with Gasteiger partial charge in [-0.25, -0.2) is 4.98 Å². The third-order valence-corrected chi connectivity index (χ3v) is 3.27. The quantitative estimate of drug-likeness (QED) is 0.885. The maximum absolute atomic E-state index is 5.69. The minimum absolute atomic E-state index is 0.132. The first-order chi connectivity index (χ1) is 9.00. The van der Waals surface area contributed by atoms with Crippen molar-refractivity contribution in [2.24, 2.45) is 11.1 Å². The highest BCUT2D eigenvalue weighted by molar-refractivity contribution is 5.75. The monoisotopic (exact) mass is 258 g/mol. The van der Waals surface area contributed by atoms with Crippen LogP contribution in [0.4, 0.5) is 5.82 Å². The molecule has 3 N–H and O–H groups in total. The average molecular weight is 258 g/mol. The highest BCUT2D eigenvalue weighted by Gasteiger charge is 2.24. The van der Waals surface area contributed by atoms with Gasteiger partial charge in [0.1, 0.15) is 5.82 Å². The molecular weight excluding hydrogens is 236 g/mol. The van der Waals surface area contributed by atoms with Crippen molar-refractivity contribution in [1.29, 1.82) is 0 Å². The zero-order valence-electron chi connectivity index (χ0n) is 11.9. The molecule has 1 aromatic carbocycles. The Bertz CT molecular complexity index is 545. The Morgan fingerprint density at radius 2 is 1.89 bits per heavy atom. The summed E-state index contributed by atoms with van der Waals surface area (Å²) in [5, 5.41) is 3.46. The first kappa shape index (κ1) is 13.7. The van der Waals surface area contributed by atoms with Crippen molar-refractivity contribution < 1.29 is 0 Å². The lowest BCUT2D eigenvalue weighted by atomic mass is 9.85. The Morgan fingerprint density at radius 1 is 1.21 bits per heavy atom. The Kier molecular flexibility index (Phi) is 4.00. The highest BCUT2D eigenvalue weighted by atomic mass is 15.0. The van der Waals surface area contributed by atoms with E-state index in [-0.39, 0.29) is 11.5 Å². The number of nitrogens with one attached hydrogen (secondary N) is 1. The van der Waals surface area contributed by atoms with E-state index in [4.69, 9.17) is 5.73 Å². The number of hydrogen-bond donors (Lipinski definition) is 2. The molecule has 0 spiro atoms. The van der Waals surface area contributed by atoms with Gasteiger partial charge in [0.15, 0.2) is 0 Å². The molecule has 1 aromatic heterocycles. The number of benzene rings is 1. The molecule has 2 rings (SSSR count). The zero-order chi connectivity index (χ0) is 13.9. The highest BCUT2D eigenvalue weighted by Crippen LogP contribution is 2.25. The molecule has 0 saturated heterocycles. The summed E-state index contributed by atoms with van der Waals surface area (Å²) in [6.45, 7) is 7.27. The normalized spacial score (nSPS) is 13.5. The van der Waals surface area contributed by atoms with Gasteiger partial charge in [-0.05, 0) is 30.5 Å². The number of aromatic nitrogens is 2. The second-order valence-electron chi connectivity index (χ2n) is 5.88. The van der Waals surface area contributed by atoms with E-state index in [1.807, 2.05) is 24.3 Å². The number of hydrogen-bond acceptors (Lipinski definition) is 4. The first-order valence-electron chi connectivity index (χ1n) is 6.69. The van der Waals surface area contributed by atoms with Gasteiger partial charge in [-0.2, -0.15) is 0 Å². The van der Waals surface area contributed by atoms with Crippen LogP contribution in [0.1, 0.15) is 27.2 Å². The molecule has 102 valence electrons. The fourth-order valence-electron chi connectivity index (χ4n) is 2.09.